The van der Waals surface area contributed by atoms with E-state index in [2.05, 4.69) is 144 Å². The van der Waals surface area contributed by atoms with Crippen molar-refractivity contribution in [1.29, 1.82) is 0 Å². The molecule has 0 amide bonds. The topological polar surface area (TPSA) is 50.9 Å². The summed E-state index contributed by atoms with van der Waals surface area (Å²) in [4.78, 5) is 10.6. The average Bonchev–Trinajstić information content (AvgIpc) is 3.84. The Balaban J connectivity index is 1.27. The van der Waals surface area contributed by atoms with E-state index in [9.17, 15) is 5.11 Å². The zero-order chi connectivity index (χ0) is 53.8. The number of hydrogen-bond acceptors (Lipinski definition) is 3. The van der Waals surface area contributed by atoms with Gasteiger partial charge < -0.3 is 5.11 Å². The molecule has 2 heterocycles. The van der Waals surface area contributed by atoms with E-state index in [0.29, 0.717) is 28.2 Å². The summed E-state index contributed by atoms with van der Waals surface area (Å²) in [5.74, 6) is 0.0619. The Morgan fingerprint density at radius 2 is 1.15 bits per heavy atom. The number of hydrogen-bond donors (Lipinski definition) is 1. The van der Waals surface area contributed by atoms with Gasteiger partial charge in [0.25, 0.3) is 0 Å². The lowest BCUT2D eigenvalue weighted by Gasteiger charge is -2.22. The van der Waals surface area contributed by atoms with Gasteiger partial charge >= 0.3 is 0 Å². The number of aryl methyl sites for hydroxylation is 1. The van der Waals surface area contributed by atoms with Crippen LogP contribution in [0.25, 0.3) is 95.0 Å². The van der Waals surface area contributed by atoms with E-state index >= 15 is 0 Å². The van der Waals surface area contributed by atoms with Crippen molar-refractivity contribution in [3.05, 3.63) is 216 Å². The molecule has 8 aromatic carbocycles. The molecule has 72 heavy (non-hydrogen) atoms. The fourth-order valence-electron chi connectivity index (χ4n) is 9.88. The van der Waals surface area contributed by atoms with E-state index in [1.54, 1.807) is 0 Å². The lowest BCUT2D eigenvalue weighted by molar-refractivity contribution is 0.466. The molecule has 0 spiro atoms. The van der Waals surface area contributed by atoms with Gasteiger partial charge in [-0.1, -0.05) is 190 Å². The second-order valence-electron chi connectivity index (χ2n) is 21.0. The largest absolute Gasteiger partial charge is 0.507 e. The van der Waals surface area contributed by atoms with Crippen molar-refractivity contribution in [1.82, 2.24) is 14.5 Å². The third-order valence-electron chi connectivity index (χ3n) is 14.1. The monoisotopic (exact) mass is 944 g/mol. The molecule has 2 aromatic heterocycles. The van der Waals surface area contributed by atoms with Crippen molar-refractivity contribution in [3.63, 3.8) is 0 Å². The first-order valence-corrected chi connectivity index (χ1v) is 25.2. The second-order valence-corrected chi connectivity index (χ2v) is 21.0. The van der Waals surface area contributed by atoms with E-state index in [1.807, 2.05) is 111 Å². The van der Waals surface area contributed by atoms with Crippen LogP contribution in [0.3, 0.4) is 0 Å². The predicted octanol–water partition coefficient (Wildman–Crippen LogP) is 18.8. The van der Waals surface area contributed by atoms with Crippen LogP contribution in [0.1, 0.15) is 113 Å². The maximum atomic E-state index is 12.6. The first kappa shape index (κ1) is 43.0. The molecule has 10 aromatic rings. The minimum absolute atomic E-state index is 0.00199. The molecule has 0 aliphatic carbocycles. The van der Waals surface area contributed by atoms with Crippen molar-refractivity contribution in [3.8, 4) is 89.7 Å². The number of rotatable bonds is 11. The summed E-state index contributed by atoms with van der Waals surface area (Å²) >= 11 is 0. The van der Waals surface area contributed by atoms with Gasteiger partial charge in [0.05, 0.1) is 28.0 Å². The molecule has 4 heteroatoms. The van der Waals surface area contributed by atoms with Crippen LogP contribution >= 0.6 is 0 Å². The number of phenols is 1. The molecule has 0 radical (unpaired) electrons. The number of para-hydroxylation sites is 1. The van der Waals surface area contributed by atoms with E-state index < -0.39 is 12.7 Å². The summed E-state index contributed by atoms with van der Waals surface area (Å²) in [7, 11) is 0. The first-order valence-electron chi connectivity index (χ1n) is 27.2. The zero-order valence-corrected chi connectivity index (χ0v) is 42.8. The second kappa shape index (κ2) is 19.4. The number of phenolic OH excluding ortho intramolecular Hbond substituents is 1. The summed E-state index contributed by atoms with van der Waals surface area (Å²) in [5.41, 5.74) is 17.5. The number of imidazole rings is 1. The molecule has 0 saturated heterocycles. The third-order valence-corrected chi connectivity index (χ3v) is 14.1. The van der Waals surface area contributed by atoms with Crippen molar-refractivity contribution < 1.29 is 10.6 Å². The van der Waals surface area contributed by atoms with Gasteiger partial charge in [-0.2, -0.15) is 0 Å². The molecule has 0 aliphatic rings. The van der Waals surface area contributed by atoms with Gasteiger partial charge in [0.2, 0.25) is 0 Å². The molecular formula is C68H65N3O. The van der Waals surface area contributed by atoms with Crippen molar-refractivity contribution in [2.24, 2.45) is 0 Å². The van der Waals surface area contributed by atoms with Crippen LogP contribution < -0.4 is 0 Å². The first-order chi connectivity index (χ1) is 36.1. The molecule has 4 nitrogen and oxygen atoms in total. The van der Waals surface area contributed by atoms with Gasteiger partial charge in [-0.15, -0.1) is 0 Å². The molecular weight excluding hydrogens is 875 g/mol. The Hall–Kier alpha value is -7.82. The highest BCUT2D eigenvalue weighted by Crippen LogP contribution is 2.46. The minimum atomic E-state index is -2.50. The standard InChI is InChI=1S/C68H65N3O/c1-42(2)46-24-26-48(27-25-46)51-32-33-69-62(40-51)55-36-53(47-18-13-11-14-19-47)35-54(37-55)57-22-17-23-63-65(57)70-67(61-39-52(43(3)4)38-58(44(5)6)66(61)72)71(63)64-34-45(7)59(41-60(64)49-20-15-12-16-21-49)50-28-30-56(31-29-50)68(8,9)10/h11-44,72H,1-10H3/i7D3,42D. The summed E-state index contributed by atoms with van der Waals surface area (Å²) in [5, 5.41) is 12.6. The highest BCUT2D eigenvalue weighted by Gasteiger charge is 2.26. The van der Waals surface area contributed by atoms with Gasteiger partial charge in [0.1, 0.15) is 11.6 Å². The number of aromatic nitrogens is 3. The maximum Gasteiger partial charge on any atom is 0.149 e. The van der Waals surface area contributed by atoms with Gasteiger partial charge in [-0.05, 0) is 157 Å². The Labute approximate surface area is 432 Å². The SMILES string of the molecule is [2H]C([2H])([2H])c1cc(-n2c(-c3cc(C(C)C)cc(C(C)C)c3O)nc3c(-c4cc(-c5ccccc5)cc(-c5cc(-c6ccc(C([2H])(C)C)cc6)ccn5)c4)cccc32)c(-c2ccccc2)cc1-c1ccc(C(C)(C)C)cc1. The Morgan fingerprint density at radius 1 is 0.514 bits per heavy atom. The fourth-order valence-corrected chi connectivity index (χ4v) is 9.88. The van der Waals surface area contributed by atoms with Crippen molar-refractivity contribution in [2.75, 3.05) is 0 Å². The average molecular weight is 944 g/mol. The Morgan fingerprint density at radius 3 is 1.81 bits per heavy atom. The number of nitrogens with zero attached hydrogens (tertiary/aromatic N) is 3. The minimum Gasteiger partial charge on any atom is -0.507 e. The van der Waals surface area contributed by atoms with E-state index in [1.165, 1.54) is 0 Å². The Kier molecular flexibility index (Phi) is 11.6. The summed E-state index contributed by atoms with van der Waals surface area (Å²) in [6.07, 6.45) is 1.85. The lowest BCUT2D eigenvalue weighted by Crippen LogP contribution is -2.10. The fraction of sp³-hybridized carbons (Fsp3) is 0.206. The van der Waals surface area contributed by atoms with Crippen LogP contribution in [0.15, 0.2) is 188 Å². The molecule has 0 bridgehead atoms. The molecule has 0 fully saturated rings. The van der Waals surface area contributed by atoms with E-state index in [0.717, 1.165) is 89.1 Å². The van der Waals surface area contributed by atoms with Crippen LogP contribution in [0, 0.1) is 6.85 Å². The van der Waals surface area contributed by atoms with Crippen molar-refractivity contribution >= 4 is 11.0 Å². The molecule has 0 aliphatic heterocycles. The zero-order valence-electron chi connectivity index (χ0n) is 46.8. The summed E-state index contributed by atoms with van der Waals surface area (Å²) in [6, 6.07) is 61.8. The van der Waals surface area contributed by atoms with Crippen LogP contribution in [0.5, 0.6) is 5.75 Å². The lowest BCUT2D eigenvalue weighted by atomic mass is 9.85. The number of aromatic hydroxyl groups is 1. The van der Waals surface area contributed by atoms with E-state index in [-0.39, 0.29) is 28.6 Å². The van der Waals surface area contributed by atoms with Crippen molar-refractivity contribution in [2.45, 2.75) is 92.3 Å². The van der Waals surface area contributed by atoms with Gasteiger partial charge in [-0.3, -0.25) is 9.55 Å². The maximum absolute atomic E-state index is 12.6. The summed E-state index contributed by atoms with van der Waals surface area (Å²) < 4.78 is 38.1. The highest BCUT2D eigenvalue weighted by molar-refractivity contribution is 5.99. The molecule has 0 atom stereocenters. The summed E-state index contributed by atoms with van der Waals surface area (Å²) in [6.45, 7) is 16.3. The van der Waals surface area contributed by atoms with Gasteiger partial charge in [0.15, 0.2) is 0 Å². The number of pyridine rings is 1. The van der Waals surface area contributed by atoms with Crippen LogP contribution in [0.4, 0.5) is 0 Å². The molecule has 0 saturated carbocycles. The number of fused-ring (bicyclic) bond motifs is 1. The van der Waals surface area contributed by atoms with Gasteiger partial charge in [0, 0.05) is 28.4 Å². The Bertz CT molecular complexity index is 3750. The molecule has 10 rings (SSSR count). The molecule has 0 unspecified atom stereocenters. The normalized spacial score (nSPS) is 13.0. The quantitative estimate of drug-likeness (QED) is 0.141. The van der Waals surface area contributed by atoms with Crippen LogP contribution in [-0.4, -0.2) is 19.6 Å². The van der Waals surface area contributed by atoms with E-state index in [4.69, 9.17) is 15.5 Å². The highest BCUT2D eigenvalue weighted by atomic mass is 16.3. The smallest absolute Gasteiger partial charge is 0.149 e. The number of benzene rings is 8. The predicted molar refractivity (Wildman–Crippen MR) is 304 cm³/mol. The third kappa shape index (κ3) is 9.30. The van der Waals surface area contributed by atoms with Crippen LogP contribution in [-0.2, 0) is 5.41 Å². The molecule has 358 valence electrons. The van der Waals surface area contributed by atoms with Gasteiger partial charge in [-0.25, -0.2) is 4.98 Å². The van der Waals surface area contributed by atoms with Crippen LogP contribution in [0.2, 0.25) is 0 Å². The molecule has 1 N–H and O–H groups in total.